The number of aromatic nitrogens is 2. The molecule has 1 amide bonds. The van der Waals surface area contributed by atoms with Crippen molar-refractivity contribution in [1.82, 2.24) is 20.2 Å². The zero-order valence-electron chi connectivity index (χ0n) is 20.1. The van der Waals surface area contributed by atoms with Crippen LogP contribution in [0.5, 0.6) is 11.5 Å². The molecular weight excluding hydrogens is 501 g/mol. The van der Waals surface area contributed by atoms with Crippen LogP contribution in [0.4, 0.5) is 13.2 Å². The van der Waals surface area contributed by atoms with E-state index in [9.17, 15) is 18.0 Å². The molecule has 1 N–H and O–H groups in total. The number of ether oxygens (including phenoxy) is 2. The number of nitrogens with one attached hydrogen (secondary N) is 1. The van der Waals surface area contributed by atoms with Crippen LogP contribution in [-0.4, -0.2) is 27.6 Å². The maximum Gasteiger partial charge on any atom is 0.416 e. The van der Waals surface area contributed by atoms with E-state index in [4.69, 9.17) is 13.9 Å². The van der Waals surface area contributed by atoms with E-state index in [2.05, 4.69) is 15.3 Å². The summed E-state index contributed by atoms with van der Waals surface area (Å²) in [5, 5.41) is 2.76. The maximum absolute atomic E-state index is 13.7. The van der Waals surface area contributed by atoms with Crippen molar-refractivity contribution in [3.8, 4) is 11.5 Å². The Labute approximate surface area is 216 Å². The quantitative estimate of drug-likeness (QED) is 0.331. The van der Waals surface area contributed by atoms with Gasteiger partial charge in [0.1, 0.15) is 6.26 Å². The van der Waals surface area contributed by atoms with Gasteiger partial charge in [-0.3, -0.25) is 14.7 Å². The molecule has 5 rings (SSSR count). The SMILES string of the molecule is O=C(NCc1ccncc1)c1coc(CN(Cc2ccc3c(c2)OCO3)Cc2ccccc2C(F)(F)F)n1. The van der Waals surface area contributed by atoms with Gasteiger partial charge < -0.3 is 19.2 Å². The van der Waals surface area contributed by atoms with Crippen LogP contribution < -0.4 is 14.8 Å². The summed E-state index contributed by atoms with van der Waals surface area (Å²) in [5.74, 6) is 0.950. The Morgan fingerprint density at radius 2 is 1.74 bits per heavy atom. The number of benzene rings is 2. The molecular formula is C27H23F3N4O4. The Hall–Kier alpha value is -4.38. The van der Waals surface area contributed by atoms with Crippen LogP contribution in [0.25, 0.3) is 0 Å². The van der Waals surface area contributed by atoms with E-state index < -0.39 is 17.6 Å². The summed E-state index contributed by atoms with van der Waals surface area (Å²) in [6.45, 7) is 0.709. The molecule has 8 nitrogen and oxygen atoms in total. The lowest BCUT2D eigenvalue weighted by atomic mass is 10.1. The van der Waals surface area contributed by atoms with Crippen LogP contribution in [0, 0.1) is 0 Å². The van der Waals surface area contributed by atoms with Crippen molar-refractivity contribution in [3.63, 3.8) is 0 Å². The van der Waals surface area contributed by atoms with Crippen molar-refractivity contribution < 1.29 is 31.9 Å². The molecule has 0 fully saturated rings. The number of amides is 1. The van der Waals surface area contributed by atoms with Crippen LogP contribution in [0.3, 0.4) is 0 Å². The van der Waals surface area contributed by atoms with Crippen LogP contribution in [-0.2, 0) is 32.4 Å². The van der Waals surface area contributed by atoms with E-state index in [1.54, 1.807) is 47.6 Å². The fourth-order valence-electron chi connectivity index (χ4n) is 4.09. The zero-order chi connectivity index (χ0) is 26.5. The zero-order valence-corrected chi connectivity index (χ0v) is 20.1. The topological polar surface area (TPSA) is 89.7 Å². The van der Waals surface area contributed by atoms with Gasteiger partial charge in [0.15, 0.2) is 17.2 Å². The van der Waals surface area contributed by atoms with Crippen molar-refractivity contribution in [2.45, 2.75) is 32.4 Å². The summed E-state index contributed by atoms with van der Waals surface area (Å²) in [7, 11) is 0. The smallest absolute Gasteiger partial charge is 0.416 e. The largest absolute Gasteiger partial charge is 0.454 e. The first-order valence-corrected chi connectivity index (χ1v) is 11.7. The summed E-state index contributed by atoms with van der Waals surface area (Å²) in [5.41, 5.74) is 1.16. The molecule has 2 aromatic carbocycles. The van der Waals surface area contributed by atoms with E-state index in [-0.39, 0.29) is 50.1 Å². The van der Waals surface area contributed by atoms with Crippen LogP contribution in [0.15, 0.2) is 77.7 Å². The molecule has 0 unspecified atom stereocenters. The van der Waals surface area contributed by atoms with Gasteiger partial charge in [0, 0.05) is 32.0 Å². The molecule has 38 heavy (non-hydrogen) atoms. The Kier molecular flexibility index (Phi) is 7.27. The minimum Gasteiger partial charge on any atom is -0.454 e. The maximum atomic E-state index is 13.7. The molecule has 2 aromatic heterocycles. The normalized spacial score (nSPS) is 12.6. The highest BCUT2D eigenvalue weighted by Gasteiger charge is 2.33. The van der Waals surface area contributed by atoms with Crippen LogP contribution >= 0.6 is 0 Å². The highest BCUT2D eigenvalue weighted by molar-refractivity contribution is 5.91. The van der Waals surface area contributed by atoms with Crippen molar-refractivity contribution in [2.24, 2.45) is 0 Å². The summed E-state index contributed by atoms with van der Waals surface area (Å²) in [4.78, 5) is 22.5. The lowest BCUT2D eigenvalue weighted by Crippen LogP contribution is -2.25. The van der Waals surface area contributed by atoms with Gasteiger partial charge in [0.05, 0.1) is 12.1 Å². The number of hydrogen-bond donors (Lipinski definition) is 1. The monoisotopic (exact) mass is 524 g/mol. The first-order chi connectivity index (χ1) is 18.3. The van der Waals surface area contributed by atoms with Crippen molar-refractivity contribution in [2.75, 3.05) is 6.79 Å². The van der Waals surface area contributed by atoms with Gasteiger partial charge in [0.2, 0.25) is 12.7 Å². The number of alkyl halides is 3. The van der Waals surface area contributed by atoms with Gasteiger partial charge in [-0.2, -0.15) is 13.2 Å². The Bertz CT molecular complexity index is 1410. The average molecular weight is 524 g/mol. The standard InChI is InChI=1S/C27H23F3N4O4/c28-27(29,30)21-4-2-1-3-20(21)14-34(13-19-5-6-23-24(11-19)38-17-37-23)15-25-33-22(16-36-25)26(35)32-12-18-7-9-31-10-8-18/h1-11,16H,12-15,17H2,(H,32,35). The average Bonchev–Trinajstić information content (AvgIpc) is 3.57. The third-order valence-corrected chi connectivity index (χ3v) is 5.91. The van der Waals surface area contributed by atoms with E-state index in [1.165, 1.54) is 18.4 Å². The number of halogens is 3. The molecule has 0 radical (unpaired) electrons. The number of pyridine rings is 1. The molecule has 0 aliphatic carbocycles. The van der Waals surface area contributed by atoms with E-state index in [0.717, 1.165) is 17.2 Å². The van der Waals surface area contributed by atoms with Gasteiger partial charge in [-0.15, -0.1) is 0 Å². The molecule has 0 bridgehead atoms. The Balaban J connectivity index is 1.33. The number of oxazole rings is 1. The molecule has 11 heteroatoms. The minimum atomic E-state index is -4.50. The second-order valence-corrected chi connectivity index (χ2v) is 8.65. The third-order valence-electron chi connectivity index (χ3n) is 5.91. The van der Waals surface area contributed by atoms with E-state index >= 15 is 0 Å². The van der Waals surface area contributed by atoms with Crippen molar-refractivity contribution >= 4 is 5.91 Å². The molecule has 4 aromatic rings. The lowest BCUT2D eigenvalue weighted by Gasteiger charge is -2.23. The molecule has 0 spiro atoms. The third kappa shape index (κ3) is 6.12. The van der Waals surface area contributed by atoms with Crippen LogP contribution in [0.2, 0.25) is 0 Å². The Morgan fingerprint density at radius 3 is 2.55 bits per heavy atom. The van der Waals surface area contributed by atoms with Crippen LogP contribution in [0.1, 0.15) is 38.6 Å². The fraction of sp³-hybridized carbons (Fsp3) is 0.222. The number of rotatable bonds is 9. The summed E-state index contributed by atoms with van der Waals surface area (Å²) in [6, 6.07) is 14.4. The highest BCUT2D eigenvalue weighted by Crippen LogP contribution is 2.34. The number of carbonyl (C=O) groups excluding carboxylic acids is 1. The summed E-state index contributed by atoms with van der Waals surface area (Å²) in [6.07, 6.45) is -0.00756. The Morgan fingerprint density at radius 1 is 0.947 bits per heavy atom. The number of fused-ring (bicyclic) bond motifs is 1. The summed E-state index contributed by atoms with van der Waals surface area (Å²) >= 11 is 0. The molecule has 0 saturated carbocycles. The molecule has 3 heterocycles. The van der Waals surface area contributed by atoms with Gasteiger partial charge in [-0.25, -0.2) is 4.98 Å². The predicted molar refractivity (Wildman–Crippen MR) is 129 cm³/mol. The minimum absolute atomic E-state index is 0.0317. The molecule has 1 aliphatic rings. The molecule has 0 atom stereocenters. The first kappa shape index (κ1) is 25.3. The second kappa shape index (κ2) is 10.9. The molecule has 196 valence electrons. The number of hydrogen-bond acceptors (Lipinski definition) is 7. The summed E-state index contributed by atoms with van der Waals surface area (Å²) < 4.78 is 57.3. The van der Waals surface area contributed by atoms with E-state index in [0.29, 0.717) is 11.5 Å². The number of nitrogens with zero attached hydrogens (tertiary/aromatic N) is 3. The molecule has 0 saturated heterocycles. The van der Waals surface area contributed by atoms with Gasteiger partial charge in [-0.1, -0.05) is 24.3 Å². The van der Waals surface area contributed by atoms with E-state index in [1.807, 2.05) is 6.07 Å². The van der Waals surface area contributed by atoms with Crippen molar-refractivity contribution in [1.29, 1.82) is 0 Å². The number of carbonyl (C=O) groups is 1. The fourth-order valence-corrected chi connectivity index (χ4v) is 4.09. The predicted octanol–water partition coefficient (Wildman–Crippen LogP) is 4.95. The van der Waals surface area contributed by atoms with Gasteiger partial charge >= 0.3 is 6.18 Å². The highest BCUT2D eigenvalue weighted by atomic mass is 19.4. The van der Waals surface area contributed by atoms with Gasteiger partial charge in [0.25, 0.3) is 5.91 Å². The van der Waals surface area contributed by atoms with Gasteiger partial charge in [-0.05, 0) is 47.0 Å². The lowest BCUT2D eigenvalue weighted by molar-refractivity contribution is -0.138. The molecule has 1 aliphatic heterocycles. The first-order valence-electron chi connectivity index (χ1n) is 11.7. The second-order valence-electron chi connectivity index (χ2n) is 8.65. The van der Waals surface area contributed by atoms with Crippen molar-refractivity contribution in [3.05, 3.63) is 107 Å².